The van der Waals surface area contributed by atoms with Gasteiger partial charge < -0.3 is 25.5 Å². The Hall–Kier alpha value is -2.46. The Morgan fingerprint density at radius 3 is 0.870 bits per heavy atom. The fourth-order valence-electron chi connectivity index (χ4n) is 1.79. The van der Waals surface area contributed by atoms with Crippen LogP contribution in [0.25, 0.3) is 0 Å². The molecule has 0 spiro atoms. The largest absolute Gasteiger partial charge is 0.478 e. The van der Waals surface area contributed by atoms with Gasteiger partial charge in [-0.05, 0) is 0 Å². The number of carboxylic acid groups (broad SMARTS) is 5. The maximum absolute atomic E-state index is 11.2. The van der Waals surface area contributed by atoms with E-state index in [1.165, 1.54) is 0 Å². The van der Waals surface area contributed by atoms with Crippen molar-refractivity contribution in [1.82, 2.24) is 0 Å². The van der Waals surface area contributed by atoms with E-state index < -0.39 is 62.6 Å². The van der Waals surface area contributed by atoms with Crippen LogP contribution in [0.15, 0.2) is 4.90 Å². The smallest absolute Gasteiger partial charge is 0.337 e. The maximum atomic E-state index is 11.2. The molecule has 118 valence electrons. The Labute approximate surface area is 144 Å². The molecule has 0 saturated carbocycles. The first-order chi connectivity index (χ1) is 10.0. The SMILES string of the molecule is O=C(O)c1c(S)c(C(=O)O)c(C(=O)O)c(C(=O)O)c1C(=O)O.[Zn]. The standard InChI is InChI=1S/C11H6O10S.Zn/c12-7(13)1-2(8(14)15)4(10(18)19)6(22)5(11(20)21)3(1)9(16)17;/h22H,(H,12,13)(H,14,15)(H,16,17)(H,18,19)(H,20,21);. The second-order valence-electron chi connectivity index (χ2n) is 3.75. The van der Waals surface area contributed by atoms with Crippen molar-refractivity contribution >= 4 is 42.5 Å². The Kier molecular flexibility index (Phi) is 6.43. The molecule has 0 radical (unpaired) electrons. The topological polar surface area (TPSA) is 186 Å². The van der Waals surface area contributed by atoms with Gasteiger partial charge in [-0.1, -0.05) is 0 Å². The third-order valence-electron chi connectivity index (χ3n) is 2.54. The van der Waals surface area contributed by atoms with E-state index in [2.05, 4.69) is 12.6 Å². The van der Waals surface area contributed by atoms with Crippen LogP contribution in [-0.4, -0.2) is 55.4 Å². The van der Waals surface area contributed by atoms with Gasteiger partial charge in [-0.3, -0.25) is 0 Å². The molecule has 0 saturated heterocycles. The average Bonchev–Trinajstić information content (AvgIpc) is 2.34. The second-order valence-corrected chi connectivity index (χ2v) is 4.20. The van der Waals surface area contributed by atoms with Crippen LogP contribution >= 0.6 is 12.6 Å². The average molecular weight is 396 g/mol. The number of hydrogen-bond acceptors (Lipinski definition) is 6. The van der Waals surface area contributed by atoms with Crippen LogP contribution in [0, 0.1) is 0 Å². The predicted octanol–water partition coefficient (Wildman–Crippen LogP) is 0.464. The van der Waals surface area contributed by atoms with Crippen molar-refractivity contribution in [3.8, 4) is 0 Å². The first-order valence-corrected chi connectivity index (χ1v) is 5.56. The normalized spacial score (nSPS) is 9.61. The summed E-state index contributed by atoms with van der Waals surface area (Å²) in [5.41, 5.74) is -6.64. The van der Waals surface area contributed by atoms with Crippen molar-refractivity contribution in [2.24, 2.45) is 0 Å². The molecule has 0 amide bonds. The third-order valence-corrected chi connectivity index (χ3v) is 2.99. The van der Waals surface area contributed by atoms with Crippen LogP contribution in [0.4, 0.5) is 0 Å². The van der Waals surface area contributed by atoms with Crippen LogP contribution in [0.5, 0.6) is 0 Å². The number of hydrogen-bond donors (Lipinski definition) is 6. The summed E-state index contributed by atoms with van der Waals surface area (Å²) >= 11 is 3.55. The first-order valence-electron chi connectivity index (χ1n) is 5.11. The van der Waals surface area contributed by atoms with Gasteiger partial charge in [0.25, 0.3) is 0 Å². The number of thiol groups is 1. The quantitative estimate of drug-likeness (QED) is 0.302. The number of benzene rings is 1. The molecule has 0 aliphatic rings. The fourth-order valence-corrected chi connectivity index (χ4v) is 2.21. The van der Waals surface area contributed by atoms with Crippen LogP contribution < -0.4 is 0 Å². The van der Waals surface area contributed by atoms with E-state index in [0.29, 0.717) is 0 Å². The van der Waals surface area contributed by atoms with E-state index in [1.54, 1.807) is 0 Å². The number of rotatable bonds is 5. The summed E-state index contributed by atoms with van der Waals surface area (Å²) in [6.45, 7) is 0. The Morgan fingerprint density at radius 1 is 0.522 bits per heavy atom. The Balaban J connectivity index is 0.00000484. The summed E-state index contributed by atoms with van der Waals surface area (Å²) in [6.07, 6.45) is 0. The van der Waals surface area contributed by atoms with Crippen molar-refractivity contribution in [2.75, 3.05) is 0 Å². The molecule has 0 atom stereocenters. The van der Waals surface area contributed by atoms with E-state index in [1.807, 2.05) is 0 Å². The van der Waals surface area contributed by atoms with E-state index >= 15 is 0 Å². The van der Waals surface area contributed by atoms with Crippen molar-refractivity contribution < 1.29 is 69.0 Å². The van der Waals surface area contributed by atoms with Crippen molar-refractivity contribution in [1.29, 1.82) is 0 Å². The molecule has 1 aromatic carbocycles. The molecular formula is C11H6O10SZn. The molecular weight excluding hydrogens is 390 g/mol. The summed E-state index contributed by atoms with van der Waals surface area (Å²) < 4.78 is 0. The van der Waals surface area contributed by atoms with Gasteiger partial charge in [-0.25, -0.2) is 24.0 Å². The van der Waals surface area contributed by atoms with E-state index in [9.17, 15) is 24.0 Å². The molecule has 10 nitrogen and oxygen atoms in total. The summed E-state index contributed by atoms with van der Waals surface area (Å²) in [5, 5.41) is 45.0. The molecule has 0 fully saturated rings. The van der Waals surface area contributed by atoms with Crippen LogP contribution in [0.2, 0.25) is 0 Å². The number of carbonyl (C=O) groups is 5. The zero-order valence-electron chi connectivity index (χ0n) is 10.9. The molecule has 0 aromatic heterocycles. The van der Waals surface area contributed by atoms with Crippen molar-refractivity contribution in [3.05, 3.63) is 27.8 Å². The molecule has 23 heavy (non-hydrogen) atoms. The minimum atomic E-state index is -2.10. The van der Waals surface area contributed by atoms with Gasteiger partial charge in [0.2, 0.25) is 0 Å². The predicted molar refractivity (Wildman–Crippen MR) is 68.5 cm³/mol. The van der Waals surface area contributed by atoms with Gasteiger partial charge in [0.05, 0.1) is 27.8 Å². The fraction of sp³-hybridized carbons (Fsp3) is 0. The van der Waals surface area contributed by atoms with Gasteiger partial charge >= 0.3 is 29.8 Å². The van der Waals surface area contributed by atoms with E-state index in [-0.39, 0.29) is 19.5 Å². The van der Waals surface area contributed by atoms with Crippen LogP contribution in [0.3, 0.4) is 0 Å². The number of aromatic carboxylic acids is 5. The molecule has 0 aliphatic heterocycles. The third kappa shape index (κ3) is 3.49. The van der Waals surface area contributed by atoms with Gasteiger partial charge in [-0.2, -0.15) is 0 Å². The van der Waals surface area contributed by atoms with Gasteiger partial charge in [0.15, 0.2) is 0 Å². The molecule has 0 aliphatic carbocycles. The van der Waals surface area contributed by atoms with Gasteiger partial charge in [0.1, 0.15) is 0 Å². The van der Waals surface area contributed by atoms with Gasteiger partial charge in [-0.15, -0.1) is 12.6 Å². The minimum absolute atomic E-state index is 0. The summed E-state index contributed by atoms with van der Waals surface area (Å²) in [4.78, 5) is 54.8. The summed E-state index contributed by atoms with van der Waals surface area (Å²) in [5.74, 6) is -10.1. The number of carboxylic acids is 5. The monoisotopic (exact) mass is 394 g/mol. The molecule has 0 unspecified atom stereocenters. The molecule has 1 rings (SSSR count). The molecule has 12 heteroatoms. The molecule has 0 heterocycles. The zero-order valence-corrected chi connectivity index (χ0v) is 14.8. The molecule has 1 aromatic rings. The maximum Gasteiger partial charge on any atom is 0.337 e. The Bertz CT molecular complexity index is 701. The van der Waals surface area contributed by atoms with Gasteiger partial charge in [0, 0.05) is 24.4 Å². The molecule has 0 bridgehead atoms. The molecule has 5 N–H and O–H groups in total. The van der Waals surface area contributed by atoms with E-state index in [4.69, 9.17) is 25.5 Å². The first kappa shape index (κ1) is 20.5. The summed E-state index contributed by atoms with van der Waals surface area (Å²) in [6, 6.07) is 0. The van der Waals surface area contributed by atoms with Crippen molar-refractivity contribution in [3.63, 3.8) is 0 Å². The van der Waals surface area contributed by atoms with E-state index in [0.717, 1.165) is 0 Å². The van der Waals surface area contributed by atoms with Crippen LogP contribution in [0.1, 0.15) is 51.8 Å². The minimum Gasteiger partial charge on any atom is -0.478 e. The van der Waals surface area contributed by atoms with Crippen molar-refractivity contribution in [2.45, 2.75) is 4.90 Å². The Morgan fingerprint density at radius 2 is 0.696 bits per heavy atom. The van der Waals surface area contributed by atoms with Crippen LogP contribution in [-0.2, 0) is 19.5 Å². The summed E-state index contributed by atoms with van der Waals surface area (Å²) in [7, 11) is 0. The zero-order chi connectivity index (χ0) is 17.4. The second kappa shape index (κ2) is 7.20.